The maximum Gasteiger partial charge on any atom is 0.253 e. The fourth-order valence-electron chi connectivity index (χ4n) is 1.21. The lowest BCUT2D eigenvalue weighted by atomic mass is 10.1. The quantitative estimate of drug-likeness (QED) is 0.864. The van der Waals surface area contributed by atoms with E-state index in [0.717, 1.165) is 0 Å². The summed E-state index contributed by atoms with van der Waals surface area (Å²) in [5, 5.41) is 9.51. The van der Waals surface area contributed by atoms with Crippen molar-refractivity contribution >= 4 is 5.91 Å². The summed E-state index contributed by atoms with van der Waals surface area (Å²) in [7, 11) is 3.42. The van der Waals surface area contributed by atoms with Crippen molar-refractivity contribution in [1.82, 2.24) is 4.90 Å². The number of carbonyl (C=O) groups excluding carboxylic acids is 1. The van der Waals surface area contributed by atoms with Gasteiger partial charge in [0.25, 0.3) is 5.91 Å². The first-order chi connectivity index (χ1) is 7.79. The highest BCUT2D eigenvalue weighted by Gasteiger charge is 2.13. The minimum atomic E-state index is -0.863. The van der Waals surface area contributed by atoms with Crippen LogP contribution in [0, 0.1) is 0 Å². The Kier molecular flexibility index (Phi) is 4.12. The average molecular weight is 237 g/mol. The predicted molar refractivity (Wildman–Crippen MR) is 66.3 cm³/mol. The fourth-order valence-corrected chi connectivity index (χ4v) is 1.21. The van der Waals surface area contributed by atoms with Gasteiger partial charge in [-0.05, 0) is 38.1 Å². The number of hydrogen-bond donors (Lipinski definition) is 1. The maximum absolute atomic E-state index is 11.6. The van der Waals surface area contributed by atoms with Crippen LogP contribution in [0.4, 0.5) is 0 Å². The molecule has 1 amide bonds. The molecule has 0 bridgehead atoms. The highest BCUT2D eigenvalue weighted by Crippen LogP contribution is 2.15. The van der Waals surface area contributed by atoms with Gasteiger partial charge in [0.1, 0.15) is 12.4 Å². The van der Waals surface area contributed by atoms with Gasteiger partial charge in [-0.1, -0.05) is 0 Å². The SMILES string of the molecule is CN(C)C(=O)c1ccc(OCC(C)(C)O)cc1. The number of ether oxygens (including phenoxy) is 1. The number of nitrogens with zero attached hydrogens (tertiary/aromatic N) is 1. The number of amides is 1. The zero-order valence-corrected chi connectivity index (χ0v) is 10.7. The average Bonchev–Trinajstić information content (AvgIpc) is 2.25. The summed E-state index contributed by atoms with van der Waals surface area (Å²) < 4.78 is 5.39. The number of aliphatic hydroxyl groups is 1. The van der Waals surface area contributed by atoms with Gasteiger partial charge in [0.2, 0.25) is 0 Å². The van der Waals surface area contributed by atoms with E-state index in [-0.39, 0.29) is 12.5 Å². The summed E-state index contributed by atoms with van der Waals surface area (Å²) in [4.78, 5) is 13.1. The summed E-state index contributed by atoms with van der Waals surface area (Å²) in [6.07, 6.45) is 0. The van der Waals surface area contributed by atoms with Gasteiger partial charge >= 0.3 is 0 Å². The van der Waals surface area contributed by atoms with Crippen LogP contribution in [0.2, 0.25) is 0 Å². The highest BCUT2D eigenvalue weighted by atomic mass is 16.5. The van der Waals surface area contributed by atoms with Gasteiger partial charge in [-0.25, -0.2) is 0 Å². The molecule has 0 aliphatic carbocycles. The largest absolute Gasteiger partial charge is 0.491 e. The minimum Gasteiger partial charge on any atom is -0.491 e. The highest BCUT2D eigenvalue weighted by molar-refractivity contribution is 5.93. The molecule has 0 aromatic heterocycles. The molecule has 0 saturated heterocycles. The van der Waals surface area contributed by atoms with Gasteiger partial charge in [0, 0.05) is 19.7 Å². The molecule has 0 heterocycles. The second-order valence-corrected chi connectivity index (χ2v) is 4.83. The van der Waals surface area contributed by atoms with Crippen LogP contribution in [0.1, 0.15) is 24.2 Å². The van der Waals surface area contributed by atoms with Crippen LogP contribution in [-0.4, -0.2) is 42.2 Å². The van der Waals surface area contributed by atoms with Gasteiger partial charge in [0.05, 0.1) is 5.60 Å². The molecule has 0 saturated carbocycles. The predicted octanol–water partition coefficient (Wildman–Crippen LogP) is 1.54. The third-order valence-corrected chi connectivity index (χ3v) is 2.10. The molecule has 0 fully saturated rings. The van der Waals surface area contributed by atoms with Crippen LogP contribution >= 0.6 is 0 Å². The van der Waals surface area contributed by atoms with Gasteiger partial charge in [0.15, 0.2) is 0 Å². The van der Waals surface area contributed by atoms with Crippen LogP contribution in [0.5, 0.6) is 5.75 Å². The van der Waals surface area contributed by atoms with E-state index in [9.17, 15) is 9.90 Å². The molecule has 1 N–H and O–H groups in total. The molecule has 17 heavy (non-hydrogen) atoms. The molecule has 0 spiro atoms. The second kappa shape index (κ2) is 5.19. The minimum absolute atomic E-state index is 0.0426. The smallest absolute Gasteiger partial charge is 0.253 e. The van der Waals surface area contributed by atoms with Crippen molar-refractivity contribution < 1.29 is 14.6 Å². The Labute approximate surface area is 102 Å². The molecule has 1 aromatic rings. The lowest BCUT2D eigenvalue weighted by Gasteiger charge is -2.18. The van der Waals surface area contributed by atoms with Crippen LogP contribution in [0.25, 0.3) is 0 Å². The van der Waals surface area contributed by atoms with Gasteiger partial charge in [-0.2, -0.15) is 0 Å². The zero-order valence-electron chi connectivity index (χ0n) is 10.7. The van der Waals surface area contributed by atoms with E-state index in [4.69, 9.17) is 4.74 Å². The lowest BCUT2D eigenvalue weighted by Crippen LogP contribution is -2.27. The van der Waals surface area contributed by atoms with Crippen LogP contribution < -0.4 is 4.74 Å². The standard InChI is InChI=1S/C13H19NO3/c1-13(2,16)9-17-11-7-5-10(6-8-11)12(15)14(3)4/h5-8,16H,9H2,1-4H3. The molecular weight excluding hydrogens is 218 g/mol. The van der Waals surface area contributed by atoms with Crippen LogP contribution in [0.15, 0.2) is 24.3 Å². The number of rotatable bonds is 4. The van der Waals surface area contributed by atoms with E-state index in [1.807, 2.05) is 0 Å². The summed E-state index contributed by atoms with van der Waals surface area (Å²) in [5.74, 6) is 0.599. The van der Waals surface area contributed by atoms with E-state index < -0.39 is 5.60 Å². The number of benzene rings is 1. The molecule has 0 radical (unpaired) electrons. The zero-order chi connectivity index (χ0) is 13.1. The number of hydrogen-bond acceptors (Lipinski definition) is 3. The Balaban J connectivity index is 2.66. The molecule has 1 aromatic carbocycles. The van der Waals surface area contributed by atoms with Crippen molar-refractivity contribution in [3.63, 3.8) is 0 Å². The Bertz CT molecular complexity index is 377. The van der Waals surface area contributed by atoms with Crippen molar-refractivity contribution in [2.75, 3.05) is 20.7 Å². The Morgan fingerprint density at radius 3 is 2.24 bits per heavy atom. The normalized spacial score (nSPS) is 11.1. The Hall–Kier alpha value is -1.55. The van der Waals surface area contributed by atoms with Gasteiger partial charge in [-0.3, -0.25) is 4.79 Å². The molecular formula is C13H19NO3. The van der Waals surface area contributed by atoms with E-state index in [0.29, 0.717) is 11.3 Å². The molecule has 0 unspecified atom stereocenters. The van der Waals surface area contributed by atoms with Crippen molar-refractivity contribution in [2.45, 2.75) is 19.4 Å². The molecule has 94 valence electrons. The number of carbonyl (C=O) groups is 1. The van der Waals surface area contributed by atoms with E-state index in [1.54, 1.807) is 52.2 Å². The van der Waals surface area contributed by atoms with Crippen molar-refractivity contribution in [1.29, 1.82) is 0 Å². The van der Waals surface area contributed by atoms with E-state index in [2.05, 4.69) is 0 Å². The first kappa shape index (κ1) is 13.5. The summed E-state index contributed by atoms with van der Waals surface area (Å²) in [6.45, 7) is 3.57. The van der Waals surface area contributed by atoms with Gasteiger partial charge < -0.3 is 14.7 Å². The van der Waals surface area contributed by atoms with E-state index >= 15 is 0 Å². The van der Waals surface area contributed by atoms with Crippen molar-refractivity contribution in [2.24, 2.45) is 0 Å². The molecule has 4 nitrogen and oxygen atoms in total. The van der Waals surface area contributed by atoms with Crippen molar-refractivity contribution in [3.05, 3.63) is 29.8 Å². The van der Waals surface area contributed by atoms with E-state index in [1.165, 1.54) is 4.90 Å². The van der Waals surface area contributed by atoms with Crippen LogP contribution in [0.3, 0.4) is 0 Å². The molecule has 0 aliphatic rings. The first-order valence-corrected chi connectivity index (χ1v) is 5.46. The second-order valence-electron chi connectivity index (χ2n) is 4.83. The topological polar surface area (TPSA) is 49.8 Å². The van der Waals surface area contributed by atoms with Crippen LogP contribution in [-0.2, 0) is 0 Å². The third-order valence-electron chi connectivity index (χ3n) is 2.10. The summed E-state index contributed by atoms with van der Waals surface area (Å²) in [6, 6.07) is 6.87. The Morgan fingerprint density at radius 1 is 1.29 bits per heavy atom. The maximum atomic E-state index is 11.6. The monoisotopic (exact) mass is 237 g/mol. The summed E-state index contributed by atoms with van der Waals surface area (Å²) >= 11 is 0. The lowest BCUT2D eigenvalue weighted by molar-refractivity contribution is 0.0284. The Morgan fingerprint density at radius 2 is 1.82 bits per heavy atom. The molecule has 0 aliphatic heterocycles. The first-order valence-electron chi connectivity index (χ1n) is 5.46. The molecule has 1 rings (SSSR count). The molecule has 4 heteroatoms. The van der Waals surface area contributed by atoms with Gasteiger partial charge in [-0.15, -0.1) is 0 Å². The molecule has 0 atom stereocenters. The third kappa shape index (κ3) is 4.44. The van der Waals surface area contributed by atoms with Crippen molar-refractivity contribution in [3.8, 4) is 5.75 Å². The summed E-state index contributed by atoms with van der Waals surface area (Å²) in [5.41, 5.74) is -0.247. The fraction of sp³-hybridized carbons (Fsp3) is 0.462.